The van der Waals surface area contributed by atoms with Crippen LogP contribution in [-0.4, -0.2) is 48.3 Å². The summed E-state index contributed by atoms with van der Waals surface area (Å²) in [7, 11) is -3.54. The van der Waals surface area contributed by atoms with Crippen molar-refractivity contribution >= 4 is 15.9 Å². The average molecular weight is 340 g/mol. The Labute approximate surface area is 137 Å². The number of aryl methyl sites for hydroxylation is 1. The number of amides is 1. The van der Waals surface area contributed by atoms with E-state index < -0.39 is 21.5 Å². The Morgan fingerprint density at radius 2 is 2.13 bits per heavy atom. The first-order valence-corrected chi connectivity index (χ1v) is 9.39. The second-order valence-electron chi connectivity index (χ2n) is 6.92. The number of aromatic nitrogens is 1. The van der Waals surface area contributed by atoms with Crippen LogP contribution in [0.3, 0.4) is 0 Å². The van der Waals surface area contributed by atoms with Crippen LogP contribution in [0.25, 0.3) is 0 Å². The highest BCUT2D eigenvalue weighted by atomic mass is 32.2. The Hall–Kier alpha value is -1.63. The van der Waals surface area contributed by atoms with Gasteiger partial charge in [-0.25, -0.2) is 18.2 Å². The van der Waals surface area contributed by atoms with Crippen molar-refractivity contribution in [2.24, 2.45) is 0 Å². The molecule has 1 atom stereocenters. The van der Waals surface area contributed by atoms with Gasteiger partial charge in [-0.05, 0) is 58.2 Å². The van der Waals surface area contributed by atoms with Gasteiger partial charge in [-0.15, -0.1) is 0 Å². The van der Waals surface area contributed by atoms with Gasteiger partial charge in [0.15, 0.2) is 14.9 Å². The third-order valence-electron chi connectivity index (χ3n) is 3.63. The molecule has 1 fully saturated rings. The van der Waals surface area contributed by atoms with E-state index in [-0.39, 0.29) is 16.8 Å². The van der Waals surface area contributed by atoms with Crippen LogP contribution in [0.4, 0.5) is 4.79 Å². The van der Waals surface area contributed by atoms with Crippen molar-refractivity contribution < 1.29 is 17.9 Å². The van der Waals surface area contributed by atoms with Crippen molar-refractivity contribution in [2.45, 2.75) is 57.2 Å². The lowest BCUT2D eigenvalue weighted by Gasteiger charge is -2.28. The number of likely N-dealkylation sites (tertiary alicyclic amines) is 1. The van der Waals surface area contributed by atoms with Crippen molar-refractivity contribution in [3.05, 3.63) is 23.9 Å². The molecule has 0 bridgehead atoms. The number of sulfone groups is 1. The van der Waals surface area contributed by atoms with E-state index in [2.05, 4.69) is 4.98 Å². The van der Waals surface area contributed by atoms with E-state index in [0.717, 1.165) is 12.0 Å². The summed E-state index contributed by atoms with van der Waals surface area (Å²) in [5.41, 5.74) is 0.246. The Morgan fingerprint density at radius 1 is 1.43 bits per heavy atom. The summed E-state index contributed by atoms with van der Waals surface area (Å²) >= 11 is 0. The maximum absolute atomic E-state index is 12.6. The van der Waals surface area contributed by atoms with Crippen LogP contribution in [0.15, 0.2) is 23.4 Å². The first-order valence-electron chi connectivity index (χ1n) is 7.73. The summed E-state index contributed by atoms with van der Waals surface area (Å²) < 4.78 is 30.5. The van der Waals surface area contributed by atoms with Crippen LogP contribution in [0.1, 0.15) is 39.2 Å². The minimum absolute atomic E-state index is 0.0635. The predicted molar refractivity (Wildman–Crippen MR) is 87.0 cm³/mol. The fourth-order valence-corrected chi connectivity index (χ4v) is 4.20. The lowest BCUT2D eigenvalue weighted by molar-refractivity contribution is 0.0241. The number of hydrogen-bond acceptors (Lipinski definition) is 5. The average Bonchev–Trinajstić information content (AvgIpc) is 2.84. The van der Waals surface area contributed by atoms with Crippen molar-refractivity contribution in [3.63, 3.8) is 0 Å². The van der Waals surface area contributed by atoms with Crippen LogP contribution < -0.4 is 0 Å². The molecule has 7 heteroatoms. The van der Waals surface area contributed by atoms with Gasteiger partial charge in [0, 0.05) is 18.8 Å². The number of carbonyl (C=O) groups excluding carboxylic acids is 1. The normalized spacial score (nSPS) is 19.0. The molecule has 0 saturated carbocycles. The van der Waals surface area contributed by atoms with Gasteiger partial charge in [-0.2, -0.15) is 0 Å². The van der Waals surface area contributed by atoms with E-state index in [1.54, 1.807) is 32.9 Å². The molecule has 1 aliphatic rings. The van der Waals surface area contributed by atoms with Crippen molar-refractivity contribution in [3.8, 4) is 0 Å². The summed E-state index contributed by atoms with van der Waals surface area (Å²) in [6.07, 6.45) is 2.47. The van der Waals surface area contributed by atoms with Crippen molar-refractivity contribution in [1.29, 1.82) is 0 Å². The molecule has 0 spiro atoms. The van der Waals surface area contributed by atoms with E-state index in [0.29, 0.717) is 13.0 Å². The summed E-state index contributed by atoms with van der Waals surface area (Å²) in [5, 5.41) is 0.0635. The number of rotatable bonds is 3. The predicted octanol–water partition coefficient (Wildman–Crippen LogP) is 2.56. The molecule has 1 aromatic rings. The zero-order valence-corrected chi connectivity index (χ0v) is 14.9. The van der Waals surface area contributed by atoms with Gasteiger partial charge in [-0.1, -0.05) is 0 Å². The topological polar surface area (TPSA) is 76.6 Å². The first kappa shape index (κ1) is 17.7. The lowest BCUT2D eigenvalue weighted by Crippen LogP contribution is -2.42. The van der Waals surface area contributed by atoms with Crippen LogP contribution in [-0.2, 0) is 14.6 Å². The molecule has 0 aliphatic carbocycles. The highest BCUT2D eigenvalue weighted by molar-refractivity contribution is 7.91. The minimum Gasteiger partial charge on any atom is -0.444 e. The van der Waals surface area contributed by atoms with Gasteiger partial charge in [0.05, 0.1) is 5.75 Å². The standard InChI is InChI=1S/C16H24N2O4S/c1-12-7-8-17-14(10-12)23(20,21)11-13-6-5-9-18(13)15(19)22-16(2,3)4/h7-8,10,13H,5-6,9,11H2,1-4H3/t13-/m0/s1. The molecule has 0 N–H and O–H groups in total. The summed E-state index contributed by atoms with van der Waals surface area (Å²) in [5.74, 6) is -0.122. The van der Waals surface area contributed by atoms with E-state index >= 15 is 0 Å². The Balaban J connectivity index is 2.13. The van der Waals surface area contributed by atoms with Gasteiger partial charge in [0.2, 0.25) is 0 Å². The van der Waals surface area contributed by atoms with E-state index in [1.807, 2.05) is 6.92 Å². The number of hydrogen-bond donors (Lipinski definition) is 0. The van der Waals surface area contributed by atoms with Crippen LogP contribution in [0.2, 0.25) is 0 Å². The number of carbonyl (C=O) groups is 1. The maximum atomic E-state index is 12.6. The molecule has 0 radical (unpaired) electrons. The number of pyridine rings is 1. The minimum atomic E-state index is -3.54. The maximum Gasteiger partial charge on any atom is 0.410 e. The fraction of sp³-hybridized carbons (Fsp3) is 0.625. The molecule has 1 aromatic heterocycles. The Morgan fingerprint density at radius 3 is 2.74 bits per heavy atom. The van der Waals surface area contributed by atoms with Gasteiger partial charge in [-0.3, -0.25) is 0 Å². The molecule has 2 heterocycles. The van der Waals surface area contributed by atoms with E-state index in [4.69, 9.17) is 4.74 Å². The first-order chi connectivity index (χ1) is 10.6. The molecule has 2 rings (SSSR count). The molecule has 1 amide bonds. The third kappa shape index (κ3) is 4.67. The van der Waals surface area contributed by atoms with Gasteiger partial charge >= 0.3 is 6.09 Å². The largest absolute Gasteiger partial charge is 0.444 e. The highest BCUT2D eigenvalue weighted by Gasteiger charge is 2.35. The summed E-state index contributed by atoms with van der Waals surface area (Å²) in [4.78, 5) is 17.7. The number of nitrogens with zero attached hydrogens (tertiary/aromatic N) is 2. The molecule has 0 unspecified atom stereocenters. The molecule has 1 aliphatic heterocycles. The molecule has 0 aromatic carbocycles. The fourth-order valence-electron chi connectivity index (χ4n) is 2.59. The van der Waals surface area contributed by atoms with Crippen LogP contribution in [0.5, 0.6) is 0 Å². The second kappa shape index (κ2) is 6.47. The molecule has 1 saturated heterocycles. The lowest BCUT2D eigenvalue weighted by atomic mass is 10.2. The SMILES string of the molecule is Cc1ccnc(S(=O)(=O)C[C@@H]2CCCN2C(=O)OC(C)(C)C)c1. The molecule has 128 valence electrons. The van der Waals surface area contributed by atoms with Gasteiger partial charge in [0.1, 0.15) is 5.60 Å². The Bertz CT molecular complexity index is 680. The third-order valence-corrected chi connectivity index (χ3v) is 5.31. The van der Waals surface area contributed by atoms with Crippen molar-refractivity contribution in [2.75, 3.05) is 12.3 Å². The molecule has 6 nitrogen and oxygen atoms in total. The van der Waals surface area contributed by atoms with E-state index in [9.17, 15) is 13.2 Å². The summed E-state index contributed by atoms with van der Waals surface area (Å²) in [6.45, 7) is 7.73. The van der Waals surface area contributed by atoms with E-state index in [1.165, 1.54) is 11.1 Å². The Kier molecular flexibility index (Phi) is 4.98. The molecule has 23 heavy (non-hydrogen) atoms. The summed E-state index contributed by atoms with van der Waals surface area (Å²) in [6, 6.07) is 2.95. The zero-order chi connectivity index (χ0) is 17.3. The zero-order valence-electron chi connectivity index (χ0n) is 14.1. The quantitative estimate of drug-likeness (QED) is 0.845. The van der Waals surface area contributed by atoms with Gasteiger partial charge < -0.3 is 9.64 Å². The van der Waals surface area contributed by atoms with Crippen molar-refractivity contribution in [1.82, 2.24) is 9.88 Å². The number of ether oxygens (including phenoxy) is 1. The molecular formula is C16H24N2O4S. The van der Waals surface area contributed by atoms with Crippen LogP contribution >= 0.6 is 0 Å². The highest BCUT2D eigenvalue weighted by Crippen LogP contribution is 2.24. The molecular weight excluding hydrogens is 316 g/mol. The monoisotopic (exact) mass is 340 g/mol. The van der Waals surface area contributed by atoms with Crippen LogP contribution in [0, 0.1) is 6.92 Å². The second-order valence-corrected chi connectivity index (χ2v) is 8.90. The van der Waals surface area contributed by atoms with Gasteiger partial charge in [0.25, 0.3) is 0 Å². The smallest absolute Gasteiger partial charge is 0.410 e.